The van der Waals surface area contributed by atoms with E-state index in [4.69, 9.17) is 10.5 Å². The lowest BCUT2D eigenvalue weighted by atomic mass is 9.71. The predicted octanol–water partition coefficient (Wildman–Crippen LogP) is 4.50. The van der Waals surface area contributed by atoms with Gasteiger partial charge < -0.3 is 10.5 Å². The van der Waals surface area contributed by atoms with Crippen molar-refractivity contribution in [2.75, 3.05) is 0 Å². The number of hydrogen-bond acceptors (Lipinski definition) is 5. The van der Waals surface area contributed by atoms with E-state index in [0.717, 1.165) is 4.88 Å². The van der Waals surface area contributed by atoms with E-state index in [1.54, 1.807) is 11.3 Å². The molecule has 2 aliphatic rings. The molecule has 0 saturated carbocycles. The van der Waals surface area contributed by atoms with Gasteiger partial charge in [-0.05, 0) is 23.0 Å². The Morgan fingerprint density at radius 1 is 1.32 bits per heavy atom. The lowest BCUT2D eigenvalue weighted by Gasteiger charge is -2.36. The number of allylic oxidation sites excluding steroid dienone is 3. The van der Waals surface area contributed by atoms with Crippen molar-refractivity contribution < 1.29 is 9.53 Å². The molecule has 1 aromatic rings. The number of nitriles is 1. The van der Waals surface area contributed by atoms with Crippen molar-refractivity contribution >= 4 is 17.1 Å². The third-order valence-corrected chi connectivity index (χ3v) is 6.30. The number of nitrogens with two attached hydrogens (primary N) is 1. The molecule has 1 aliphatic carbocycles. The fourth-order valence-corrected chi connectivity index (χ4v) is 4.67. The van der Waals surface area contributed by atoms with Gasteiger partial charge in [0.15, 0.2) is 5.78 Å². The van der Waals surface area contributed by atoms with E-state index in [1.165, 1.54) is 4.88 Å². The Labute approximate surface area is 153 Å². The number of rotatable bonds is 1. The molecule has 25 heavy (non-hydrogen) atoms. The number of nitrogens with zero attached hydrogens (tertiary/aromatic N) is 1. The zero-order chi connectivity index (χ0) is 18.6. The summed E-state index contributed by atoms with van der Waals surface area (Å²) in [5.74, 6) is 0.413. The van der Waals surface area contributed by atoms with Crippen LogP contribution in [-0.2, 0) is 14.9 Å². The normalized spacial score (nSPS) is 23.2. The Bertz CT molecular complexity index is 844. The van der Waals surface area contributed by atoms with E-state index in [1.807, 2.05) is 6.07 Å². The van der Waals surface area contributed by atoms with E-state index in [9.17, 15) is 10.1 Å². The smallest absolute Gasteiger partial charge is 0.205 e. The molecule has 0 unspecified atom stereocenters. The van der Waals surface area contributed by atoms with Gasteiger partial charge in [-0.15, -0.1) is 11.3 Å². The fourth-order valence-electron chi connectivity index (χ4n) is 3.48. The second-order valence-electron chi connectivity index (χ2n) is 8.65. The molecular weight excluding hydrogens is 332 g/mol. The minimum Gasteiger partial charge on any atom is -0.444 e. The van der Waals surface area contributed by atoms with Crippen LogP contribution in [0.5, 0.6) is 0 Å². The molecule has 132 valence electrons. The average molecular weight is 356 g/mol. The summed E-state index contributed by atoms with van der Waals surface area (Å²) in [4.78, 5) is 15.1. The third kappa shape index (κ3) is 3.11. The molecule has 3 rings (SSSR count). The van der Waals surface area contributed by atoms with Crippen molar-refractivity contribution in [3.63, 3.8) is 0 Å². The van der Waals surface area contributed by atoms with Gasteiger partial charge in [-0.25, -0.2) is 0 Å². The zero-order valence-electron chi connectivity index (χ0n) is 15.4. The van der Waals surface area contributed by atoms with Crippen LogP contribution >= 0.6 is 11.3 Å². The van der Waals surface area contributed by atoms with Gasteiger partial charge >= 0.3 is 0 Å². The van der Waals surface area contributed by atoms with Crippen LogP contribution < -0.4 is 5.73 Å². The summed E-state index contributed by atoms with van der Waals surface area (Å²) in [6.07, 6.45) is 1.11. The summed E-state index contributed by atoms with van der Waals surface area (Å²) >= 11 is 1.64. The SMILES string of the molecule is CC1(C)CC(=O)C2=C(C1)OC(N)=C(C#N)[C@H]2c1ccc(C(C)(C)C)s1. The number of hydrogen-bond donors (Lipinski definition) is 1. The minimum atomic E-state index is -0.404. The molecule has 1 atom stereocenters. The Morgan fingerprint density at radius 3 is 2.56 bits per heavy atom. The van der Waals surface area contributed by atoms with Crippen molar-refractivity contribution in [1.82, 2.24) is 0 Å². The molecular formula is C20H24N2O2S. The van der Waals surface area contributed by atoms with E-state index >= 15 is 0 Å². The van der Waals surface area contributed by atoms with Crippen molar-refractivity contribution in [3.05, 3.63) is 44.7 Å². The maximum absolute atomic E-state index is 12.9. The first-order valence-electron chi connectivity index (χ1n) is 8.47. The lowest BCUT2D eigenvalue weighted by Crippen LogP contribution is -2.33. The topological polar surface area (TPSA) is 76.1 Å². The predicted molar refractivity (Wildman–Crippen MR) is 98.7 cm³/mol. The van der Waals surface area contributed by atoms with Gasteiger partial charge in [0, 0.05) is 28.2 Å². The number of carbonyl (C=O) groups excluding carboxylic acids is 1. The van der Waals surface area contributed by atoms with Crippen LogP contribution in [0, 0.1) is 16.7 Å². The molecule has 5 heteroatoms. The maximum atomic E-state index is 12.9. The zero-order valence-corrected chi connectivity index (χ0v) is 16.2. The van der Waals surface area contributed by atoms with Gasteiger partial charge in [-0.1, -0.05) is 34.6 Å². The molecule has 0 saturated heterocycles. The first-order chi connectivity index (χ1) is 11.5. The molecule has 1 aliphatic heterocycles. The van der Waals surface area contributed by atoms with Crippen LogP contribution in [0.1, 0.15) is 63.1 Å². The number of thiophene rings is 1. The second-order valence-corrected chi connectivity index (χ2v) is 9.77. The van der Waals surface area contributed by atoms with Gasteiger partial charge in [0.1, 0.15) is 17.4 Å². The van der Waals surface area contributed by atoms with E-state index in [0.29, 0.717) is 29.7 Å². The van der Waals surface area contributed by atoms with Gasteiger partial charge in [0.05, 0.1) is 5.92 Å². The molecule has 0 fully saturated rings. The molecule has 1 aromatic heterocycles. The van der Waals surface area contributed by atoms with Crippen molar-refractivity contribution in [1.29, 1.82) is 5.26 Å². The summed E-state index contributed by atoms with van der Waals surface area (Å²) < 4.78 is 5.72. The summed E-state index contributed by atoms with van der Waals surface area (Å²) in [7, 11) is 0. The lowest BCUT2D eigenvalue weighted by molar-refractivity contribution is -0.119. The molecule has 2 N–H and O–H groups in total. The van der Waals surface area contributed by atoms with Crippen LogP contribution in [0.15, 0.2) is 34.9 Å². The summed E-state index contributed by atoms with van der Waals surface area (Å²) in [5, 5.41) is 9.64. The minimum absolute atomic E-state index is 0.0198. The summed E-state index contributed by atoms with van der Waals surface area (Å²) in [6.45, 7) is 10.6. The first kappa shape index (κ1) is 17.8. The highest BCUT2D eigenvalue weighted by Crippen LogP contribution is 2.49. The number of ether oxygens (including phenoxy) is 1. The second kappa shape index (κ2) is 5.74. The van der Waals surface area contributed by atoms with Gasteiger partial charge in [-0.3, -0.25) is 4.79 Å². The molecule has 0 spiro atoms. The highest BCUT2D eigenvalue weighted by Gasteiger charge is 2.43. The van der Waals surface area contributed by atoms with Crippen LogP contribution in [0.3, 0.4) is 0 Å². The Kier molecular flexibility index (Phi) is 4.08. The average Bonchev–Trinajstić information content (AvgIpc) is 2.93. The summed E-state index contributed by atoms with van der Waals surface area (Å²) in [5.41, 5.74) is 6.87. The van der Waals surface area contributed by atoms with Crippen molar-refractivity contribution in [2.45, 2.75) is 58.8 Å². The molecule has 4 nitrogen and oxygen atoms in total. The maximum Gasteiger partial charge on any atom is 0.205 e. The molecule has 2 heterocycles. The highest BCUT2D eigenvalue weighted by atomic mass is 32.1. The van der Waals surface area contributed by atoms with Gasteiger partial charge in [-0.2, -0.15) is 5.26 Å². The molecule has 0 bridgehead atoms. The fraction of sp³-hybridized carbons (Fsp3) is 0.500. The van der Waals surface area contributed by atoms with E-state index < -0.39 is 5.92 Å². The monoisotopic (exact) mass is 356 g/mol. The Balaban J connectivity index is 2.15. The van der Waals surface area contributed by atoms with Gasteiger partial charge in [0.25, 0.3) is 0 Å². The number of carbonyl (C=O) groups is 1. The highest BCUT2D eigenvalue weighted by molar-refractivity contribution is 7.12. The van der Waals surface area contributed by atoms with Crippen molar-refractivity contribution in [2.24, 2.45) is 11.1 Å². The number of ketones is 1. The number of Topliss-reactive ketones (excluding diaryl/α,β-unsaturated/α-hetero) is 1. The van der Waals surface area contributed by atoms with Crippen LogP contribution in [0.4, 0.5) is 0 Å². The van der Waals surface area contributed by atoms with Crippen LogP contribution in [0.25, 0.3) is 0 Å². The Morgan fingerprint density at radius 2 is 2.00 bits per heavy atom. The molecule has 0 amide bonds. The standard InChI is InChI=1S/C20H24N2O2S/c1-19(2,3)15-7-6-14(25-15)16-11(10-21)18(22)24-13-9-20(4,5)8-12(23)17(13)16/h6-7,16H,8-9,22H2,1-5H3/t16-/m0/s1. The van der Waals surface area contributed by atoms with Crippen LogP contribution in [-0.4, -0.2) is 5.78 Å². The van der Waals surface area contributed by atoms with Crippen LogP contribution in [0.2, 0.25) is 0 Å². The summed E-state index contributed by atoms with van der Waals surface area (Å²) in [6, 6.07) is 6.27. The van der Waals surface area contributed by atoms with Crippen molar-refractivity contribution in [3.8, 4) is 6.07 Å². The third-order valence-electron chi connectivity index (χ3n) is 4.73. The molecule has 0 radical (unpaired) electrons. The van der Waals surface area contributed by atoms with Gasteiger partial charge in [0.2, 0.25) is 5.88 Å². The quantitative estimate of drug-likeness (QED) is 0.804. The molecule has 0 aromatic carbocycles. The Hall–Kier alpha value is -2.06. The van der Waals surface area contributed by atoms with E-state index in [-0.39, 0.29) is 22.5 Å². The van der Waals surface area contributed by atoms with E-state index in [2.05, 4.69) is 46.8 Å². The first-order valence-corrected chi connectivity index (χ1v) is 9.29. The largest absolute Gasteiger partial charge is 0.444 e.